The molecule has 2 heterocycles. The molecule has 0 aliphatic carbocycles. The molecule has 0 aromatic heterocycles. The number of urea groups is 1. The van der Waals surface area contributed by atoms with Gasteiger partial charge in [0.1, 0.15) is 5.54 Å². The number of nitrogens with zero attached hydrogens (tertiary/aromatic N) is 2. The van der Waals surface area contributed by atoms with Gasteiger partial charge in [0.05, 0.1) is 11.5 Å². The molecule has 2 aliphatic heterocycles. The zero-order valence-corrected chi connectivity index (χ0v) is 10.7. The predicted molar refractivity (Wildman–Crippen MR) is 64.5 cm³/mol. The maximum atomic E-state index is 12.3. The Hall–Kier alpha value is -1.61. The number of hydrogen-bond acceptors (Lipinski definition) is 4. The summed E-state index contributed by atoms with van der Waals surface area (Å²) in [5.74, 6) is -0.161. The molecule has 98 valence electrons. The van der Waals surface area contributed by atoms with E-state index in [-0.39, 0.29) is 11.9 Å². The normalized spacial score (nSPS) is 27.7. The standard InChI is InChI=1S/C12H18N4O2/c1-11(2,7-13)4-6-16-9(17)12(15-10(16)18)3-5-14-8-12/h14H,3-6,8H2,1-2H3,(H,15,18). The van der Waals surface area contributed by atoms with Crippen molar-refractivity contribution in [3.05, 3.63) is 0 Å². The molecule has 1 spiro atoms. The van der Waals surface area contributed by atoms with Gasteiger partial charge >= 0.3 is 6.03 Å². The van der Waals surface area contributed by atoms with E-state index in [1.165, 1.54) is 4.90 Å². The van der Waals surface area contributed by atoms with Gasteiger partial charge in [0.15, 0.2) is 0 Å². The Morgan fingerprint density at radius 2 is 2.22 bits per heavy atom. The maximum Gasteiger partial charge on any atom is 0.325 e. The fourth-order valence-electron chi connectivity index (χ4n) is 2.31. The Morgan fingerprint density at radius 1 is 1.50 bits per heavy atom. The molecule has 1 atom stereocenters. The molecule has 6 heteroatoms. The van der Waals surface area contributed by atoms with Crippen LogP contribution in [0.1, 0.15) is 26.7 Å². The van der Waals surface area contributed by atoms with Crippen LogP contribution in [0.5, 0.6) is 0 Å². The van der Waals surface area contributed by atoms with Crippen LogP contribution in [-0.4, -0.2) is 42.0 Å². The van der Waals surface area contributed by atoms with Crippen LogP contribution in [0, 0.1) is 16.7 Å². The number of amides is 3. The van der Waals surface area contributed by atoms with Gasteiger partial charge in [-0.15, -0.1) is 0 Å². The second-order valence-corrected chi connectivity index (χ2v) is 5.64. The Labute approximate surface area is 106 Å². The molecule has 2 saturated heterocycles. The van der Waals surface area contributed by atoms with E-state index in [1.54, 1.807) is 13.8 Å². The molecule has 3 amide bonds. The zero-order valence-electron chi connectivity index (χ0n) is 10.7. The van der Waals surface area contributed by atoms with Crippen molar-refractivity contribution >= 4 is 11.9 Å². The van der Waals surface area contributed by atoms with E-state index >= 15 is 0 Å². The van der Waals surface area contributed by atoms with Crippen molar-refractivity contribution in [1.82, 2.24) is 15.5 Å². The molecule has 2 aliphatic rings. The first-order valence-corrected chi connectivity index (χ1v) is 6.16. The van der Waals surface area contributed by atoms with Gasteiger partial charge in [0.25, 0.3) is 5.91 Å². The lowest BCUT2D eigenvalue weighted by Crippen LogP contribution is -2.48. The molecule has 2 rings (SSSR count). The van der Waals surface area contributed by atoms with Crippen molar-refractivity contribution in [2.24, 2.45) is 5.41 Å². The molecule has 1 unspecified atom stereocenters. The van der Waals surface area contributed by atoms with Gasteiger partial charge in [-0.25, -0.2) is 4.79 Å². The number of carbonyl (C=O) groups excluding carboxylic acids is 2. The number of hydrogen-bond donors (Lipinski definition) is 2. The fraction of sp³-hybridized carbons (Fsp3) is 0.750. The van der Waals surface area contributed by atoms with Crippen molar-refractivity contribution < 1.29 is 9.59 Å². The first kappa shape index (κ1) is 12.8. The number of imide groups is 1. The summed E-state index contributed by atoms with van der Waals surface area (Å²) in [5.41, 5.74) is -1.27. The summed E-state index contributed by atoms with van der Waals surface area (Å²) in [7, 11) is 0. The van der Waals surface area contributed by atoms with E-state index in [2.05, 4.69) is 16.7 Å². The van der Waals surface area contributed by atoms with Crippen LogP contribution in [-0.2, 0) is 4.79 Å². The van der Waals surface area contributed by atoms with E-state index in [0.29, 0.717) is 25.9 Å². The van der Waals surface area contributed by atoms with Gasteiger partial charge < -0.3 is 10.6 Å². The van der Waals surface area contributed by atoms with Crippen LogP contribution >= 0.6 is 0 Å². The highest BCUT2D eigenvalue weighted by atomic mass is 16.2. The Balaban J connectivity index is 2.04. The Kier molecular flexibility index (Phi) is 3.03. The SMILES string of the molecule is CC(C)(C#N)CCN1C(=O)NC2(CCNC2)C1=O. The fourth-order valence-corrected chi connectivity index (χ4v) is 2.31. The van der Waals surface area contributed by atoms with Crippen LogP contribution in [0.2, 0.25) is 0 Å². The average Bonchev–Trinajstić information content (AvgIpc) is 2.86. The summed E-state index contributed by atoms with van der Waals surface area (Å²) in [6, 6.07) is 1.84. The summed E-state index contributed by atoms with van der Waals surface area (Å²) in [6.07, 6.45) is 1.13. The highest BCUT2D eigenvalue weighted by Gasteiger charge is 2.52. The van der Waals surface area contributed by atoms with Crippen LogP contribution in [0.25, 0.3) is 0 Å². The molecule has 18 heavy (non-hydrogen) atoms. The van der Waals surface area contributed by atoms with Gasteiger partial charge in [0.2, 0.25) is 0 Å². The van der Waals surface area contributed by atoms with E-state index in [1.807, 2.05) is 0 Å². The largest absolute Gasteiger partial charge is 0.325 e. The smallest absolute Gasteiger partial charge is 0.322 e. The third kappa shape index (κ3) is 2.06. The lowest BCUT2D eigenvalue weighted by atomic mass is 9.91. The third-order valence-corrected chi connectivity index (χ3v) is 3.66. The van der Waals surface area contributed by atoms with Crippen molar-refractivity contribution in [2.75, 3.05) is 19.6 Å². The van der Waals surface area contributed by atoms with Gasteiger partial charge in [-0.3, -0.25) is 9.69 Å². The van der Waals surface area contributed by atoms with Gasteiger partial charge in [-0.1, -0.05) is 0 Å². The number of nitrogens with one attached hydrogen (secondary N) is 2. The molecular formula is C12H18N4O2. The monoisotopic (exact) mass is 250 g/mol. The summed E-state index contributed by atoms with van der Waals surface area (Å²) in [6.45, 7) is 5.14. The molecule has 0 aromatic rings. The summed E-state index contributed by atoms with van der Waals surface area (Å²) in [5, 5.41) is 14.8. The van der Waals surface area contributed by atoms with Crippen LogP contribution in [0.15, 0.2) is 0 Å². The highest BCUT2D eigenvalue weighted by Crippen LogP contribution is 2.26. The quantitative estimate of drug-likeness (QED) is 0.701. The molecular weight excluding hydrogens is 232 g/mol. The van der Waals surface area contributed by atoms with Crippen LogP contribution in [0.4, 0.5) is 4.79 Å². The Morgan fingerprint density at radius 3 is 2.78 bits per heavy atom. The summed E-state index contributed by atoms with van der Waals surface area (Å²) >= 11 is 0. The average molecular weight is 250 g/mol. The van der Waals surface area contributed by atoms with E-state index in [4.69, 9.17) is 5.26 Å². The van der Waals surface area contributed by atoms with E-state index in [0.717, 1.165) is 6.54 Å². The summed E-state index contributed by atoms with van der Waals surface area (Å²) in [4.78, 5) is 25.3. The van der Waals surface area contributed by atoms with Crippen molar-refractivity contribution in [3.8, 4) is 6.07 Å². The minimum Gasteiger partial charge on any atom is -0.322 e. The number of carbonyl (C=O) groups is 2. The third-order valence-electron chi connectivity index (χ3n) is 3.66. The van der Waals surface area contributed by atoms with Crippen molar-refractivity contribution in [3.63, 3.8) is 0 Å². The molecule has 2 fully saturated rings. The van der Waals surface area contributed by atoms with E-state index < -0.39 is 11.0 Å². The zero-order chi connectivity index (χ0) is 13.4. The van der Waals surface area contributed by atoms with Crippen LogP contribution in [0.3, 0.4) is 0 Å². The second kappa shape index (κ2) is 4.25. The molecule has 2 N–H and O–H groups in total. The Bertz CT molecular complexity index is 418. The summed E-state index contributed by atoms with van der Waals surface area (Å²) < 4.78 is 0. The molecule has 0 aromatic carbocycles. The van der Waals surface area contributed by atoms with Crippen molar-refractivity contribution in [1.29, 1.82) is 5.26 Å². The molecule has 0 radical (unpaired) electrons. The number of rotatable bonds is 3. The van der Waals surface area contributed by atoms with Gasteiger partial charge in [-0.2, -0.15) is 5.26 Å². The second-order valence-electron chi connectivity index (χ2n) is 5.64. The predicted octanol–water partition coefficient (Wildman–Crippen LogP) is 0.210. The van der Waals surface area contributed by atoms with Gasteiger partial charge in [-0.05, 0) is 33.2 Å². The van der Waals surface area contributed by atoms with Crippen molar-refractivity contribution in [2.45, 2.75) is 32.2 Å². The molecule has 6 nitrogen and oxygen atoms in total. The first-order valence-electron chi connectivity index (χ1n) is 6.16. The minimum atomic E-state index is -0.742. The van der Waals surface area contributed by atoms with Crippen LogP contribution < -0.4 is 10.6 Å². The van der Waals surface area contributed by atoms with Gasteiger partial charge in [0, 0.05) is 13.1 Å². The lowest BCUT2D eigenvalue weighted by molar-refractivity contribution is -0.130. The molecule has 0 bridgehead atoms. The number of nitriles is 1. The lowest BCUT2D eigenvalue weighted by Gasteiger charge is -2.21. The maximum absolute atomic E-state index is 12.3. The topological polar surface area (TPSA) is 85.2 Å². The first-order chi connectivity index (χ1) is 8.40. The highest BCUT2D eigenvalue weighted by molar-refractivity contribution is 6.07. The van der Waals surface area contributed by atoms with E-state index in [9.17, 15) is 9.59 Å². The molecule has 0 saturated carbocycles. The minimum absolute atomic E-state index is 0.161.